The molecule has 2 aromatic heterocycles. The molecule has 0 bridgehead atoms. The number of aromatic nitrogens is 2. The van der Waals surface area contributed by atoms with Crippen LogP contribution < -0.4 is 4.90 Å². The summed E-state index contributed by atoms with van der Waals surface area (Å²) in [6, 6.07) is 8.18. The van der Waals surface area contributed by atoms with Gasteiger partial charge in [-0.1, -0.05) is 12.1 Å². The third-order valence-corrected chi connectivity index (χ3v) is 7.12. The minimum atomic E-state index is -0.293. The first-order valence-corrected chi connectivity index (χ1v) is 11.0. The van der Waals surface area contributed by atoms with Gasteiger partial charge in [0.05, 0.1) is 33.7 Å². The minimum absolute atomic E-state index is 0.0860. The fourth-order valence-electron chi connectivity index (χ4n) is 4.78. The summed E-state index contributed by atoms with van der Waals surface area (Å²) in [6.07, 6.45) is 6.63. The average Bonchev–Trinajstić information content (AvgIpc) is 3.33. The lowest BCUT2D eigenvalue weighted by Crippen LogP contribution is -2.51. The van der Waals surface area contributed by atoms with Crippen LogP contribution in [0, 0.1) is 11.7 Å². The van der Waals surface area contributed by atoms with E-state index in [0.29, 0.717) is 25.3 Å². The number of thiazole rings is 1. The third-order valence-electron chi connectivity index (χ3n) is 6.20. The maximum absolute atomic E-state index is 14.1. The van der Waals surface area contributed by atoms with E-state index < -0.39 is 0 Å². The summed E-state index contributed by atoms with van der Waals surface area (Å²) in [6.45, 7) is 2.04. The van der Waals surface area contributed by atoms with Crippen molar-refractivity contribution in [2.24, 2.45) is 5.92 Å². The lowest BCUT2D eigenvalue weighted by Gasteiger charge is -2.38. The molecule has 0 unspecified atom stereocenters. The van der Waals surface area contributed by atoms with Crippen LogP contribution in [0.1, 0.15) is 24.8 Å². The maximum atomic E-state index is 14.1. The molecule has 2 aliphatic heterocycles. The largest absolute Gasteiger partial charge is 0.365 e. The van der Waals surface area contributed by atoms with Gasteiger partial charge in [0.1, 0.15) is 0 Å². The molecule has 0 aliphatic carbocycles. The zero-order valence-electron chi connectivity index (χ0n) is 16.1. The van der Waals surface area contributed by atoms with Crippen LogP contribution in [0.15, 0.2) is 42.2 Å². The second-order valence-electron chi connectivity index (χ2n) is 7.90. The number of carbonyl (C=O) groups excluding carboxylic acids is 1. The Morgan fingerprint density at radius 1 is 1.24 bits per heavy atom. The molecule has 2 fully saturated rings. The first-order valence-electron chi connectivity index (χ1n) is 10.2. The predicted molar refractivity (Wildman–Crippen MR) is 113 cm³/mol. The predicted octanol–water partition coefficient (Wildman–Crippen LogP) is 3.89. The number of nitrogens with zero attached hydrogens (tertiary/aromatic N) is 4. The van der Waals surface area contributed by atoms with Crippen molar-refractivity contribution in [1.29, 1.82) is 0 Å². The molecule has 1 aromatic carbocycles. The summed E-state index contributed by atoms with van der Waals surface area (Å²) in [5, 5.41) is 0. The number of benzene rings is 1. The molecule has 0 spiro atoms. The lowest BCUT2D eigenvalue weighted by atomic mass is 9.96. The van der Waals surface area contributed by atoms with Crippen LogP contribution in [0.25, 0.3) is 10.2 Å². The number of piperazine rings is 1. The SMILES string of the molecule is O=C1[C@H](CCCc2cccc3ncsc23)C[C@H]2CN(c3ccncc3F)CCN12. The molecular weight excluding hydrogens is 387 g/mol. The molecule has 0 N–H and O–H groups in total. The molecule has 7 heteroatoms. The van der Waals surface area contributed by atoms with Gasteiger partial charge in [-0.3, -0.25) is 9.78 Å². The summed E-state index contributed by atoms with van der Waals surface area (Å²) in [5.74, 6) is 0.0721. The van der Waals surface area contributed by atoms with Crippen LogP contribution >= 0.6 is 11.3 Å². The molecule has 3 aromatic rings. The quantitative estimate of drug-likeness (QED) is 0.640. The highest BCUT2D eigenvalue weighted by Gasteiger charge is 2.42. The molecule has 2 saturated heterocycles. The van der Waals surface area contributed by atoms with Gasteiger partial charge in [-0.25, -0.2) is 9.37 Å². The molecule has 2 aliphatic rings. The second-order valence-corrected chi connectivity index (χ2v) is 8.76. The van der Waals surface area contributed by atoms with Crippen LogP contribution in [-0.4, -0.2) is 46.5 Å². The van der Waals surface area contributed by atoms with Gasteiger partial charge in [-0.05, 0) is 43.4 Å². The number of rotatable bonds is 5. The van der Waals surface area contributed by atoms with Gasteiger partial charge >= 0.3 is 0 Å². The fourth-order valence-corrected chi connectivity index (χ4v) is 5.61. The smallest absolute Gasteiger partial charge is 0.226 e. The monoisotopic (exact) mass is 410 g/mol. The fraction of sp³-hybridized carbons (Fsp3) is 0.409. The molecule has 0 saturated carbocycles. The Morgan fingerprint density at radius 2 is 2.17 bits per heavy atom. The van der Waals surface area contributed by atoms with Gasteiger partial charge in [-0.15, -0.1) is 11.3 Å². The maximum Gasteiger partial charge on any atom is 0.226 e. The van der Waals surface area contributed by atoms with E-state index in [4.69, 9.17) is 0 Å². The van der Waals surface area contributed by atoms with Gasteiger partial charge in [0, 0.05) is 31.7 Å². The van der Waals surface area contributed by atoms with Gasteiger partial charge < -0.3 is 9.80 Å². The number of hydrogen-bond acceptors (Lipinski definition) is 5. The molecule has 0 radical (unpaired) electrons. The van der Waals surface area contributed by atoms with E-state index in [1.807, 2.05) is 16.5 Å². The molecule has 5 nitrogen and oxygen atoms in total. The van der Waals surface area contributed by atoms with Crippen LogP contribution in [0.3, 0.4) is 0 Å². The number of aryl methyl sites for hydroxylation is 1. The van der Waals surface area contributed by atoms with Gasteiger partial charge in [0.15, 0.2) is 5.82 Å². The Labute approximate surface area is 173 Å². The van der Waals surface area contributed by atoms with E-state index in [-0.39, 0.29) is 23.7 Å². The zero-order valence-corrected chi connectivity index (χ0v) is 16.9. The summed E-state index contributed by atoms with van der Waals surface area (Å²) in [4.78, 5) is 25.2. The van der Waals surface area contributed by atoms with E-state index in [1.165, 1.54) is 16.5 Å². The Bertz CT molecular complexity index is 1040. The zero-order chi connectivity index (χ0) is 19.8. The van der Waals surface area contributed by atoms with Gasteiger partial charge in [-0.2, -0.15) is 0 Å². The van der Waals surface area contributed by atoms with Crippen molar-refractivity contribution < 1.29 is 9.18 Å². The average molecular weight is 411 g/mol. The Hall–Kier alpha value is -2.54. The van der Waals surface area contributed by atoms with Crippen LogP contribution in [0.4, 0.5) is 10.1 Å². The lowest BCUT2D eigenvalue weighted by molar-refractivity contribution is -0.132. The summed E-state index contributed by atoms with van der Waals surface area (Å²) in [7, 11) is 0. The number of halogens is 1. The number of fused-ring (bicyclic) bond motifs is 2. The normalized spacial score (nSPS) is 21.8. The second kappa shape index (κ2) is 7.71. The van der Waals surface area contributed by atoms with Crippen LogP contribution in [0.2, 0.25) is 0 Å². The van der Waals surface area contributed by atoms with Gasteiger partial charge in [0.2, 0.25) is 5.91 Å². The van der Waals surface area contributed by atoms with Crippen molar-refractivity contribution in [1.82, 2.24) is 14.9 Å². The highest BCUT2D eigenvalue weighted by molar-refractivity contribution is 7.16. The highest BCUT2D eigenvalue weighted by Crippen LogP contribution is 2.33. The number of amides is 1. The van der Waals surface area contributed by atoms with Crippen molar-refractivity contribution in [3.63, 3.8) is 0 Å². The Kier molecular flexibility index (Phi) is 4.91. The number of carbonyl (C=O) groups is 1. The highest BCUT2D eigenvalue weighted by atomic mass is 32.1. The molecule has 29 heavy (non-hydrogen) atoms. The molecule has 1 amide bonds. The van der Waals surface area contributed by atoms with Crippen molar-refractivity contribution in [3.05, 3.63) is 53.6 Å². The van der Waals surface area contributed by atoms with E-state index in [2.05, 4.69) is 27.0 Å². The van der Waals surface area contributed by atoms with Crippen molar-refractivity contribution >= 4 is 33.1 Å². The first-order chi connectivity index (χ1) is 14.2. The van der Waals surface area contributed by atoms with Crippen molar-refractivity contribution in [2.45, 2.75) is 31.7 Å². The number of hydrogen-bond donors (Lipinski definition) is 0. The molecule has 5 rings (SSSR count). The van der Waals surface area contributed by atoms with Crippen molar-refractivity contribution in [2.75, 3.05) is 24.5 Å². The number of pyridine rings is 1. The van der Waals surface area contributed by atoms with Gasteiger partial charge in [0.25, 0.3) is 0 Å². The summed E-state index contributed by atoms with van der Waals surface area (Å²) < 4.78 is 15.4. The van der Waals surface area contributed by atoms with E-state index in [9.17, 15) is 9.18 Å². The first kappa shape index (κ1) is 18.5. The van der Waals surface area contributed by atoms with Crippen LogP contribution in [0.5, 0.6) is 0 Å². The standard InChI is InChI=1S/C22H23FN4OS/c23-18-12-24-8-7-20(18)26-9-10-27-17(13-26)11-16(22(27)28)5-1-3-15-4-2-6-19-21(15)29-14-25-19/h2,4,6-8,12,14,16-17H,1,3,5,9-11,13H2/t16-,17+/m1/s1. The number of anilines is 1. The molecule has 4 heterocycles. The Balaban J connectivity index is 1.21. The van der Waals surface area contributed by atoms with Crippen molar-refractivity contribution in [3.8, 4) is 0 Å². The van der Waals surface area contributed by atoms with E-state index in [0.717, 1.165) is 31.2 Å². The topological polar surface area (TPSA) is 49.3 Å². The van der Waals surface area contributed by atoms with E-state index in [1.54, 1.807) is 23.6 Å². The van der Waals surface area contributed by atoms with E-state index >= 15 is 0 Å². The molecule has 150 valence electrons. The van der Waals surface area contributed by atoms with Crippen LogP contribution in [-0.2, 0) is 11.2 Å². The molecular formula is C22H23FN4OS. The summed E-state index contributed by atoms with van der Waals surface area (Å²) >= 11 is 1.69. The Morgan fingerprint density at radius 3 is 3.07 bits per heavy atom. The third kappa shape index (κ3) is 3.48. The summed E-state index contributed by atoms with van der Waals surface area (Å²) in [5.41, 5.74) is 4.87. The molecule has 2 atom stereocenters. The minimum Gasteiger partial charge on any atom is -0.365 e.